The van der Waals surface area contributed by atoms with E-state index in [0.717, 1.165) is 16.5 Å². The lowest BCUT2D eigenvalue weighted by Crippen LogP contribution is -2.25. The second-order valence-electron chi connectivity index (χ2n) is 3.62. The van der Waals surface area contributed by atoms with Crippen LogP contribution in [0.25, 0.3) is 10.8 Å². The first-order valence-corrected chi connectivity index (χ1v) is 5.31. The summed E-state index contributed by atoms with van der Waals surface area (Å²) in [4.78, 5) is 5.83. The van der Waals surface area contributed by atoms with Crippen molar-refractivity contribution in [2.45, 2.75) is 0 Å². The van der Waals surface area contributed by atoms with Crippen molar-refractivity contribution < 1.29 is 4.74 Å². The number of hydrogen-bond acceptors (Lipinski definition) is 3. The van der Waals surface area contributed by atoms with Crippen LogP contribution in [0.5, 0.6) is 5.75 Å². The zero-order valence-electron chi connectivity index (χ0n) is 9.18. The fraction of sp³-hybridized carbons (Fsp3) is 0.167. The van der Waals surface area contributed by atoms with E-state index in [0.29, 0.717) is 5.17 Å². The molecule has 2 aromatic rings. The SMILES string of the molecule is CN(C)C(=S)Oc1cccc2cnccc12. The van der Waals surface area contributed by atoms with Gasteiger partial charge < -0.3 is 9.64 Å². The van der Waals surface area contributed by atoms with Crippen molar-refractivity contribution in [2.75, 3.05) is 14.1 Å². The Morgan fingerprint density at radius 1 is 1.31 bits per heavy atom. The summed E-state index contributed by atoms with van der Waals surface area (Å²) in [5.74, 6) is 0.763. The number of fused-ring (bicyclic) bond motifs is 1. The van der Waals surface area contributed by atoms with Gasteiger partial charge in [-0.05, 0) is 24.4 Å². The zero-order valence-corrected chi connectivity index (χ0v) is 9.99. The molecule has 0 atom stereocenters. The molecule has 0 N–H and O–H groups in total. The minimum absolute atomic E-state index is 0.448. The summed E-state index contributed by atoms with van der Waals surface area (Å²) in [6.07, 6.45) is 3.55. The van der Waals surface area contributed by atoms with Gasteiger partial charge in [-0.2, -0.15) is 0 Å². The number of benzene rings is 1. The Morgan fingerprint density at radius 2 is 2.12 bits per heavy atom. The van der Waals surface area contributed by atoms with Crippen LogP contribution in [0.1, 0.15) is 0 Å². The minimum atomic E-state index is 0.448. The minimum Gasteiger partial charge on any atom is -0.431 e. The first-order valence-electron chi connectivity index (χ1n) is 4.90. The molecule has 0 fully saturated rings. The van der Waals surface area contributed by atoms with Gasteiger partial charge in [0, 0.05) is 37.3 Å². The van der Waals surface area contributed by atoms with Crippen molar-refractivity contribution in [2.24, 2.45) is 0 Å². The lowest BCUT2D eigenvalue weighted by atomic mass is 10.1. The number of rotatable bonds is 1. The second-order valence-corrected chi connectivity index (χ2v) is 3.96. The lowest BCUT2D eigenvalue weighted by molar-refractivity contribution is 0.453. The molecule has 4 heteroatoms. The van der Waals surface area contributed by atoms with Gasteiger partial charge in [0.1, 0.15) is 5.75 Å². The number of thiocarbonyl (C=S) groups is 1. The summed E-state index contributed by atoms with van der Waals surface area (Å²) in [5.41, 5.74) is 0. The highest BCUT2D eigenvalue weighted by atomic mass is 32.1. The molecule has 0 saturated heterocycles. The summed E-state index contributed by atoms with van der Waals surface area (Å²) in [6, 6.07) is 7.74. The highest BCUT2D eigenvalue weighted by Gasteiger charge is 2.05. The fourth-order valence-electron chi connectivity index (χ4n) is 1.37. The van der Waals surface area contributed by atoms with E-state index in [9.17, 15) is 0 Å². The van der Waals surface area contributed by atoms with Gasteiger partial charge in [0.2, 0.25) is 0 Å². The van der Waals surface area contributed by atoms with E-state index < -0.39 is 0 Å². The Bertz CT molecular complexity index is 520. The summed E-state index contributed by atoms with van der Waals surface area (Å²) >= 11 is 5.11. The summed E-state index contributed by atoms with van der Waals surface area (Å²) in [5, 5.41) is 2.51. The van der Waals surface area contributed by atoms with Crippen molar-refractivity contribution >= 4 is 28.2 Å². The van der Waals surface area contributed by atoms with Gasteiger partial charge in [0.25, 0.3) is 5.17 Å². The predicted octanol–water partition coefficient (Wildman–Crippen LogP) is 2.46. The van der Waals surface area contributed by atoms with Gasteiger partial charge >= 0.3 is 0 Å². The lowest BCUT2D eigenvalue weighted by Gasteiger charge is -2.15. The molecule has 0 spiro atoms. The molecule has 0 aliphatic carbocycles. The predicted molar refractivity (Wildman–Crippen MR) is 68.7 cm³/mol. The Labute approximate surface area is 99.7 Å². The standard InChI is InChI=1S/C12H12N2OS/c1-14(2)12(16)15-11-5-3-4-9-8-13-7-6-10(9)11/h3-8H,1-2H3. The normalized spacial score (nSPS) is 10.1. The highest BCUT2D eigenvalue weighted by Crippen LogP contribution is 2.24. The van der Waals surface area contributed by atoms with E-state index in [1.807, 2.05) is 38.4 Å². The monoisotopic (exact) mass is 232 g/mol. The van der Waals surface area contributed by atoms with Crippen LogP contribution in [0.3, 0.4) is 0 Å². The van der Waals surface area contributed by atoms with Gasteiger partial charge in [0.05, 0.1) is 0 Å². The topological polar surface area (TPSA) is 25.4 Å². The summed E-state index contributed by atoms with van der Waals surface area (Å²) in [6.45, 7) is 0. The van der Waals surface area contributed by atoms with Crippen LogP contribution < -0.4 is 4.74 Å². The highest BCUT2D eigenvalue weighted by molar-refractivity contribution is 7.80. The molecule has 0 radical (unpaired) electrons. The van der Waals surface area contributed by atoms with E-state index in [4.69, 9.17) is 17.0 Å². The smallest absolute Gasteiger partial charge is 0.264 e. The molecular weight excluding hydrogens is 220 g/mol. The third kappa shape index (κ3) is 2.12. The van der Waals surface area contributed by atoms with Crippen LogP contribution in [0, 0.1) is 0 Å². The van der Waals surface area contributed by atoms with Crippen molar-refractivity contribution in [1.82, 2.24) is 9.88 Å². The van der Waals surface area contributed by atoms with Gasteiger partial charge in [-0.1, -0.05) is 12.1 Å². The first kappa shape index (κ1) is 10.8. The van der Waals surface area contributed by atoms with Gasteiger partial charge in [-0.3, -0.25) is 4.98 Å². The molecular formula is C12H12N2OS. The molecule has 0 amide bonds. The number of hydrogen-bond donors (Lipinski definition) is 0. The molecule has 0 aliphatic rings. The average molecular weight is 232 g/mol. The zero-order chi connectivity index (χ0) is 11.5. The van der Waals surface area contributed by atoms with Crippen LogP contribution >= 0.6 is 12.2 Å². The number of nitrogens with zero attached hydrogens (tertiary/aromatic N) is 2. The molecule has 2 rings (SSSR count). The summed E-state index contributed by atoms with van der Waals surface area (Å²) in [7, 11) is 3.71. The molecule has 82 valence electrons. The van der Waals surface area contributed by atoms with Crippen LogP contribution in [-0.2, 0) is 0 Å². The number of ether oxygens (including phenoxy) is 1. The van der Waals surface area contributed by atoms with E-state index in [2.05, 4.69) is 4.98 Å². The third-order valence-corrected chi connectivity index (χ3v) is 2.65. The molecule has 1 aromatic carbocycles. The molecule has 0 saturated carbocycles. The maximum atomic E-state index is 5.62. The fourth-order valence-corrected chi connectivity index (χ4v) is 1.46. The van der Waals surface area contributed by atoms with Crippen molar-refractivity contribution in [3.05, 3.63) is 36.7 Å². The Morgan fingerprint density at radius 3 is 2.88 bits per heavy atom. The van der Waals surface area contributed by atoms with Crippen LogP contribution in [0.15, 0.2) is 36.7 Å². The van der Waals surface area contributed by atoms with E-state index in [-0.39, 0.29) is 0 Å². The average Bonchev–Trinajstić information content (AvgIpc) is 2.29. The Hall–Kier alpha value is -1.68. The van der Waals surface area contributed by atoms with Gasteiger partial charge in [0.15, 0.2) is 0 Å². The maximum Gasteiger partial charge on any atom is 0.264 e. The van der Waals surface area contributed by atoms with E-state index >= 15 is 0 Å². The molecule has 1 aromatic heterocycles. The Kier molecular flexibility index (Phi) is 3.01. The number of aromatic nitrogens is 1. The van der Waals surface area contributed by atoms with Crippen molar-refractivity contribution in [3.8, 4) is 5.75 Å². The van der Waals surface area contributed by atoms with Crippen LogP contribution in [-0.4, -0.2) is 29.2 Å². The van der Waals surface area contributed by atoms with Crippen molar-refractivity contribution in [1.29, 1.82) is 0 Å². The third-order valence-electron chi connectivity index (χ3n) is 2.20. The van der Waals surface area contributed by atoms with Gasteiger partial charge in [-0.25, -0.2) is 0 Å². The van der Waals surface area contributed by atoms with Gasteiger partial charge in [-0.15, -0.1) is 0 Å². The molecule has 1 heterocycles. The number of pyridine rings is 1. The largest absolute Gasteiger partial charge is 0.431 e. The van der Waals surface area contributed by atoms with Crippen LogP contribution in [0.4, 0.5) is 0 Å². The van der Waals surface area contributed by atoms with E-state index in [1.54, 1.807) is 17.3 Å². The molecule has 0 aliphatic heterocycles. The molecule has 0 bridgehead atoms. The van der Waals surface area contributed by atoms with E-state index in [1.165, 1.54) is 0 Å². The van der Waals surface area contributed by atoms with Crippen molar-refractivity contribution in [3.63, 3.8) is 0 Å². The maximum absolute atomic E-state index is 5.62. The molecule has 0 unspecified atom stereocenters. The summed E-state index contributed by atoms with van der Waals surface area (Å²) < 4.78 is 5.62. The molecule has 3 nitrogen and oxygen atoms in total. The second kappa shape index (κ2) is 4.45. The molecule has 16 heavy (non-hydrogen) atoms. The first-order chi connectivity index (χ1) is 7.68. The van der Waals surface area contributed by atoms with Crippen LogP contribution in [0.2, 0.25) is 0 Å². The quantitative estimate of drug-likeness (QED) is 0.705. The Balaban J connectivity index is 2.41.